The minimum atomic E-state index is -4.49. The van der Waals surface area contributed by atoms with Gasteiger partial charge in [-0.25, -0.2) is 4.79 Å². The zero-order valence-corrected chi connectivity index (χ0v) is 9.69. The van der Waals surface area contributed by atoms with E-state index in [4.69, 9.17) is 5.11 Å². The van der Waals surface area contributed by atoms with Gasteiger partial charge >= 0.3 is 12.1 Å². The van der Waals surface area contributed by atoms with Crippen molar-refractivity contribution < 1.29 is 23.1 Å². The van der Waals surface area contributed by atoms with Gasteiger partial charge in [-0.3, -0.25) is 0 Å². The van der Waals surface area contributed by atoms with Gasteiger partial charge in [-0.2, -0.15) is 13.2 Å². The molecule has 6 heteroatoms. The minimum absolute atomic E-state index is 0.0412. The maximum atomic E-state index is 12.9. The molecule has 3 nitrogen and oxygen atoms in total. The van der Waals surface area contributed by atoms with E-state index in [0.717, 1.165) is 6.07 Å². The van der Waals surface area contributed by atoms with Crippen molar-refractivity contribution in [2.75, 3.05) is 4.90 Å². The number of allylic oxidation sites excluding steroid dienone is 1. The van der Waals surface area contributed by atoms with Crippen molar-refractivity contribution >= 4 is 11.7 Å². The van der Waals surface area contributed by atoms with Gasteiger partial charge in [0.1, 0.15) is 0 Å². The quantitative estimate of drug-likeness (QED) is 0.894. The molecule has 1 aliphatic rings. The highest BCUT2D eigenvalue weighted by molar-refractivity contribution is 5.88. The maximum Gasteiger partial charge on any atom is 0.418 e. The summed E-state index contributed by atoms with van der Waals surface area (Å²) in [7, 11) is 0. The van der Waals surface area contributed by atoms with Gasteiger partial charge in [0.15, 0.2) is 0 Å². The molecule has 1 aromatic rings. The minimum Gasteiger partial charge on any atom is -0.478 e. The Balaban J connectivity index is 2.45. The molecule has 0 saturated heterocycles. The molecule has 0 bridgehead atoms. The van der Waals surface area contributed by atoms with E-state index >= 15 is 0 Å². The highest BCUT2D eigenvalue weighted by Crippen LogP contribution is 2.37. The van der Waals surface area contributed by atoms with E-state index in [-0.39, 0.29) is 17.7 Å². The second-order valence-corrected chi connectivity index (χ2v) is 3.97. The van der Waals surface area contributed by atoms with Crippen LogP contribution in [-0.4, -0.2) is 11.1 Å². The molecule has 0 saturated carbocycles. The van der Waals surface area contributed by atoms with Gasteiger partial charge in [0, 0.05) is 18.8 Å². The second-order valence-electron chi connectivity index (χ2n) is 3.97. The Morgan fingerprint density at radius 3 is 2.58 bits per heavy atom. The molecule has 0 aliphatic carbocycles. The van der Waals surface area contributed by atoms with Crippen molar-refractivity contribution in [1.82, 2.24) is 0 Å². The molecule has 100 valence electrons. The molecular formula is C13H10F3NO2. The highest BCUT2D eigenvalue weighted by atomic mass is 19.4. The third-order valence-electron chi connectivity index (χ3n) is 2.66. The first-order valence-electron chi connectivity index (χ1n) is 5.45. The number of hydrogen-bond donors (Lipinski definition) is 1. The van der Waals surface area contributed by atoms with Gasteiger partial charge < -0.3 is 10.0 Å². The third-order valence-corrected chi connectivity index (χ3v) is 2.66. The summed E-state index contributed by atoms with van der Waals surface area (Å²) in [5.41, 5.74) is -0.855. The van der Waals surface area contributed by atoms with Crippen LogP contribution in [0.15, 0.2) is 48.3 Å². The van der Waals surface area contributed by atoms with Crippen LogP contribution in [0.1, 0.15) is 12.0 Å². The van der Waals surface area contributed by atoms with E-state index < -0.39 is 17.7 Å². The third kappa shape index (κ3) is 2.78. The summed E-state index contributed by atoms with van der Waals surface area (Å²) in [5, 5.41) is 8.88. The molecule has 0 spiro atoms. The van der Waals surface area contributed by atoms with E-state index in [9.17, 15) is 18.0 Å². The fourth-order valence-corrected chi connectivity index (χ4v) is 1.79. The number of para-hydroxylation sites is 1. The number of carboxylic acid groups (broad SMARTS) is 1. The van der Waals surface area contributed by atoms with Gasteiger partial charge in [-0.15, -0.1) is 0 Å². The van der Waals surface area contributed by atoms with Crippen LogP contribution in [0, 0.1) is 0 Å². The van der Waals surface area contributed by atoms with Crippen LogP contribution in [0.25, 0.3) is 0 Å². The SMILES string of the molecule is O=C(O)C1=CN(c2ccccc2C(F)(F)F)C=CC1. The Hall–Kier alpha value is -2.24. The molecule has 1 aromatic carbocycles. The van der Waals surface area contributed by atoms with Gasteiger partial charge in [-0.05, 0) is 12.1 Å². The van der Waals surface area contributed by atoms with Crippen LogP contribution in [0.4, 0.5) is 18.9 Å². The number of carbonyl (C=O) groups is 1. The number of carboxylic acids is 1. The lowest BCUT2D eigenvalue weighted by atomic mass is 10.1. The first-order chi connectivity index (χ1) is 8.89. The second kappa shape index (κ2) is 4.79. The molecular weight excluding hydrogens is 259 g/mol. The van der Waals surface area contributed by atoms with Gasteiger partial charge in [0.2, 0.25) is 0 Å². The summed E-state index contributed by atoms with van der Waals surface area (Å²) >= 11 is 0. The summed E-state index contributed by atoms with van der Waals surface area (Å²) in [6, 6.07) is 5.03. The van der Waals surface area contributed by atoms with Crippen LogP contribution in [0.2, 0.25) is 0 Å². The van der Waals surface area contributed by atoms with E-state index in [2.05, 4.69) is 0 Å². The fourth-order valence-electron chi connectivity index (χ4n) is 1.79. The predicted molar refractivity (Wildman–Crippen MR) is 63.4 cm³/mol. The van der Waals surface area contributed by atoms with E-state index in [0.29, 0.717) is 0 Å². The summed E-state index contributed by atoms with van der Waals surface area (Å²) < 4.78 is 38.6. The van der Waals surface area contributed by atoms with Crippen LogP contribution in [-0.2, 0) is 11.0 Å². The standard InChI is InChI=1S/C13H10F3NO2/c14-13(15,16)10-5-1-2-6-11(10)17-7-3-4-9(8-17)12(18)19/h1-3,5-8H,4H2,(H,18,19). The van der Waals surface area contributed by atoms with E-state index in [1.54, 1.807) is 0 Å². The maximum absolute atomic E-state index is 12.9. The molecule has 1 heterocycles. The highest BCUT2D eigenvalue weighted by Gasteiger charge is 2.34. The normalized spacial score (nSPS) is 15.3. The summed E-state index contributed by atoms with van der Waals surface area (Å²) in [6.07, 6.45) is -0.153. The average molecular weight is 269 g/mol. The topological polar surface area (TPSA) is 40.5 Å². The largest absolute Gasteiger partial charge is 0.478 e. The summed E-state index contributed by atoms with van der Waals surface area (Å²) in [6.45, 7) is 0. The molecule has 0 amide bonds. The van der Waals surface area contributed by atoms with Gasteiger partial charge in [0.25, 0.3) is 0 Å². The summed E-state index contributed by atoms with van der Waals surface area (Å²) in [5.74, 6) is -1.14. The number of nitrogens with zero attached hydrogens (tertiary/aromatic N) is 1. The van der Waals surface area contributed by atoms with Crippen molar-refractivity contribution in [3.05, 3.63) is 53.9 Å². The first kappa shape index (κ1) is 13.2. The van der Waals surface area contributed by atoms with Crippen molar-refractivity contribution in [3.63, 3.8) is 0 Å². The fraction of sp³-hybridized carbons (Fsp3) is 0.154. The monoisotopic (exact) mass is 269 g/mol. The zero-order valence-electron chi connectivity index (χ0n) is 9.69. The Kier molecular flexibility index (Phi) is 3.33. The van der Waals surface area contributed by atoms with Crippen molar-refractivity contribution in [3.8, 4) is 0 Å². The molecule has 0 atom stereocenters. The number of benzene rings is 1. The van der Waals surface area contributed by atoms with Crippen LogP contribution in [0.5, 0.6) is 0 Å². The van der Waals surface area contributed by atoms with Crippen molar-refractivity contribution in [1.29, 1.82) is 0 Å². The lowest BCUT2D eigenvalue weighted by Gasteiger charge is -2.23. The van der Waals surface area contributed by atoms with Crippen molar-refractivity contribution in [2.24, 2.45) is 0 Å². The van der Waals surface area contributed by atoms with Crippen LogP contribution < -0.4 is 4.90 Å². The number of anilines is 1. The number of alkyl halides is 3. The molecule has 2 rings (SSSR count). The molecule has 1 N–H and O–H groups in total. The van der Waals surface area contributed by atoms with E-state index in [1.807, 2.05) is 0 Å². The molecule has 0 aromatic heterocycles. The van der Waals surface area contributed by atoms with Gasteiger partial charge in [0.05, 0.1) is 16.8 Å². The first-order valence-corrected chi connectivity index (χ1v) is 5.45. The smallest absolute Gasteiger partial charge is 0.418 e. The Morgan fingerprint density at radius 2 is 1.95 bits per heavy atom. The zero-order chi connectivity index (χ0) is 14.0. The number of hydrogen-bond acceptors (Lipinski definition) is 2. The van der Waals surface area contributed by atoms with Crippen molar-refractivity contribution in [2.45, 2.75) is 12.6 Å². The van der Waals surface area contributed by atoms with Gasteiger partial charge in [-0.1, -0.05) is 18.2 Å². The summed E-state index contributed by atoms with van der Waals surface area (Å²) in [4.78, 5) is 12.0. The molecule has 19 heavy (non-hydrogen) atoms. The van der Waals surface area contributed by atoms with Crippen LogP contribution in [0.3, 0.4) is 0 Å². The molecule has 0 unspecified atom stereocenters. The van der Waals surface area contributed by atoms with Crippen LogP contribution >= 0.6 is 0 Å². The average Bonchev–Trinajstić information content (AvgIpc) is 2.38. The number of aliphatic carboxylic acids is 1. The Bertz CT molecular complexity index is 561. The van der Waals surface area contributed by atoms with E-state index in [1.165, 1.54) is 41.6 Å². The molecule has 0 radical (unpaired) electrons. The molecule has 1 aliphatic heterocycles. The number of rotatable bonds is 2. The Labute approximate surface area is 107 Å². The lowest BCUT2D eigenvalue weighted by Crippen LogP contribution is -2.19. The predicted octanol–water partition coefficient (Wildman–Crippen LogP) is 3.40. The Morgan fingerprint density at radius 1 is 1.26 bits per heavy atom. The number of halogens is 3. The molecule has 0 fully saturated rings. The lowest BCUT2D eigenvalue weighted by molar-refractivity contribution is -0.137.